The first-order valence-corrected chi connectivity index (χ1v) is 8.79. The summed E-state index contributed by atoms with van der Waals surface area (Å²) in [5.41, 5.74) is 0. The fourth-order valence-corrected chi connectivity index (χ4v) is 1.92. The Bertz CT molecular complexity index is 363. The van der Waals surface area contributed by atoms with Crippen molar-refractivity contribution in [2.75, 3.05) is 13.2 Å². The standard InChI is InChI=1S/2C4H5NO.2C3H7O.O.Ti/c2*1-4(6)2-3-5;2*1-2-3-4;;/h2*2H2,1H3;2*2-3H2,1H3;;/q;;2*-1;;+2. The quantitative estimate of drug-likeness (QED) is 0.619. The predicted molar refractivity (Wildman–Crippen MR) is 75.0 cm³/mol. The van der Waals surface area contributed by atoms with Crippen LogP contribution in [-0.4, -0.2) is 24.8 Å². The second kappa shape index (κ2) is 22.0. The van der Waals surface area contributed by atoms with Crippen LogP contribution >= 0.6 is 0 Å². The molecule has 0 fully saturated rings. The van der Waals surface area contributed by atoms with Crippen LogP contribution in [0.15, 0.2) is 0 Å². The van der Waals surface area contributed by atoms with Crippen molar-refractivity contribution >= 4 is 11.6 Å². The van der Waals surface area contributed by atoms with Gasteiger partial charge < -0.3 is 0 Å². The molecule has 0 N–H and O–H groups in total. The first-order valence-electron chi connectivity index (χ1n) is 6.87. The van der Waals surface area contributed by atoms with Gasteiger partial charge >= 0.3 is 68.5 Å². The monoisotopic (exact) mass is 348 g/mol. The number of rotatable bonds is 8. The SMILES string of the molecule is CC(=O)CC#N.CC(=O)CC#N.CCC[O][Ti](=[O])[O]CCC. The molecule has 8 heteroatoms. The van der Waals surface area contributed by atoms with Gasteiger partial charge in [0, 0.05) is 0 Å². The van der Waals surface area contributed by atoms with Crippen molar-refractivity contribution in [3.05, 3.63) is 0 Å². The van der Waals surface area contributed by atoms with Crippen LogP contribution in [0.5, 0.6) is 0 Å². The Kier molecular flexibility index (Phi) is 25.7. The maximum absolute atomic E-state index is 10.8. The van der Waals surface area contributed by atoms with Gasteiger partial charge in [-0.05, 0) is 13.8 Å². The van der Waals surface area contributed by atoms with Crippen LogP contribution in [0.2, 0.25) is 0 Å². The molecule has 0 aromatic rings. The molecule has 0 radical (unpaired) electrons. The van der Waals surface area contributed by atoms with Gasteiger partial charge in [-0.2, -0.15) is 10.5 Å². The molecule has 0 saturated carbocycles. The van der Waals surface area contributed by atoms with E-state index in [0.717, 1.165) is 12.8 Å². The molecule has 0 bridgehead atoms. The summed E-state index contributed by atoms with van der Waals surface area (Å²) < 4.78 is 20.5. The zero-order valence-corrected chi connectivity index (χ0v) is 15.2. The van der Waals surface area contributed by atoms with Crippen molar-refractivity contribution in [2.24, 2.45) is 0 Å². The number of hydrogen-bond donors (Lipinski definition) is 0. The molecule has 0 aliphatic rings. The number of carbonyl (C=O) groups excluding carboxylic acids is 2. The van der Waals surface area contributed by atoms with Gasteiger partial charge in [-0.3, -0.25) is 9.59 Å². The molecule has 22 heavy (non-hydrogen) atoms. The number of nitrogens with zero attached hydrogens (tertiary/aromatic N) is 2. The molecule has 0 aliphatic heterocycles. The van der Waals surface area contributed by atoms with E-state index >= 15 is 0 Å². The Morgan fingerprint density at radius 1 is 0.909 bits per heavy atom. The third kappa shape index (κ3) is 36.3. The number of ketones is 2. The molecule has 7 nitrogen and oxygen atoms in total. The Balaban J connectivity index is -0.000000261. The van der Waals surface area contributed by atoms with Crippen molar-refractivity contribution in [1.82, 2.24) is 0 Å². The van der Waals surface area contributed by atoms with Gasteiger partial charge in [-0.25, -0.2) is 0 Å². The molecule has 0 atom stereocenters. The van der Waals surface area contributed by atoms with E-state index in [1.807, 2.05) is 13.8 Å². The normalized spacial score (nSPS) is 8.09. The third-order valence-corrected chi connectivity index (χ3v) is 2.88. The van der Waals surface area contributed by atoms with Gasteiger partial charge in [-0.1, -0.05) is 0 Å². The van der Waals surface area contributed by atoms with E-state index in [1.54, 1.807) is 12.1 Å². The van der Waals surface area contributed by atoms with E-state index in [1.165, 1.54) is 13.8 Å². The second-order valence-electron chi connectivity index (χ2n) is 4.02. The van der Waals surface area contributed by atoms with Crippen LogP contribution in [0.1, 0.15) is 53.4 Å². The van der Waals surface area contributed by atoms with Gasteiger partial charge in [0.25, 0.3) is 0 Å². The molecule has 0 rings (SSSR count). The van der Waals surface area contributed by atoms with E-state index in [0.29, 0.717) is 13.2 Å². The third-order valence-electron chi connectivity index (χ3n) is 1.50. The van der Waals surface area contributed by atoms with E-state index in [-0.39, 0.29) is 24.4 Å². The van der Waals surface area contributed by atoms with E-state index in [4.69, 9.17) is 17.2 Å². The molecule has 0 unspecified atom stereocenters. The Morgan fingerprint density at radius 3 is 1.36 bits per heavy atom. The zero-order valence-electron chi connectivity index (χ0n) is 13.7. The topological polar surface area (TPSA) is 117 Å². The Hall–Kier alpha value is -1.25. The van der Waals surface area contributed by atoms with Crippen molar-refractivity contribution < 1.29 is 38.2 Å². The number of Topliss-reactive ketones (excluding diaryl/α,β-unsaturated/α-hetero) is 2. The first kappa shape index (κ1) is 25.7. The minimum absolute atomic E-state index is 0.0417. The van der Waals surface area contributed by atoms with Crippen LogP contribution in [0.25, 0.3) is 0 Å². The molecule has 0 amide bonds. The van der Waals surface area contributed by atoms with E-state index < -0.39 is 18.6 Å². The van der Waals surface area contributed by atoms with Gasteiger partial charge in [0.05, 0.1) is 25.0 Å². The average Bonchev–Trinajstić information content (AvgIpc) is 2.44. The number of nitriles is 2. The number of carbonyl (C=O) groups is 2. The van der Waals surface area contributed by atoms with Gasteiger partial charge in [0.2, 0.25) is 0 Å². The first-order chi connectivity index (χ1) is 10.3. The molecule has 0 heterocycles. The Morgan fingerprint density at radius 2 is 1.23 bits per heavy atom. The molecule has 0 spiro atoms. The molecular weight excluding hydrogens is 324 g/mol. The maximum atomic E-state index is 10.8. The van der Waals surface area contributed by atoms with Crippen LogP contribution in [0.4, 0.5) is 0 Å². The Labute approximate surface area is 139 Å². The van der Waals surface area contributed by atoms with Crippen LogP contribution in [0, 0.1) is 22.7 Å². The van der Waals surface area contributed by atoms with Crippen molar-refractivity contribution in [1.29, 1.82) is 10.5 Å². The fraction of sp³-hybridized carbons (Fsp3) is 0.714. The fourth-order valence-electron chi connectivity index (χ4n) is 0.635. The molecule has 0 aliphatic carbocycles. The van der Waals surface area contributed by atoms with Crippen LogP contribution < -0.4 is 0 Å². The van der Waals surface area contributed by atoms with Gasteiger partial charge in [-0.15, -0.1) is 0 Å². The van der Waals surface area contributed by atoms with Crippen molar-refractivity contribution in [3.63, 3.8) is 0 Å². The summed E-state index contributed by atoms with van der Waals surface area (Å²) >= 11 is -2.73. The van der Waals surface area contributed by atoms with Crippen LogP contribution in [0.3, 0.4) is 0 Å². The average molecular weight is 348 g/mol. The summed E-state index contributed by atoms with van der Waals surface area (Å²) in [7, 11) is 0. The molecule has 0 aromatic carbocycles. The molecule has 124 valence electrons. The molecule has 0 aromatic heterocycles. The van der Waals surface area contributed by atoms with Gasteiger partial charge in [0.15, 0.2) is 0 Å². The summed E-state index contributed by atoms with van der Waals surface area (Å²) in [4.78, 5) is 19.6. The van der Waals surface area contributed by atoms with Gasteiger partial charge in [0.1, 0.15) is 11.6 Å². The molecule has 0 saturated heterocycles. The van der Waals surface area contributed by atoms with Crippen molar-refractivity contribution in [2.45, 2.75) is 53.4 Å². The summed E-state index contributed by atoms with van der Waals surface area (Å²) in [6.07, 6.45) is 1.88. The second-order valence-corrected chi connectivity index (χ2v) is 5.70. The zero-order chi connectivity index (χ0) is 17.8. The van der Waals surface area contributed by atoms with E-state index in [2.05, 4.69) is 0 Å². The van der Waals surface area contributed by atoms with E-state index in [9.17, 15) is 12.9 Å². The number of hydrogen-bond acceptors (Lipinski definition) is 7. The summed E-state index contributed by atoms with van der Waals surface area (Å²) in [5, 5.41) is 15.5. The predicted octanol–water partition coefficient (Wildman–Crippen LogP) is 2.61. The molecular formula is C14H24N2O5Ti. The summed E-state index contributed by atoms with van der Waals surface area (Å²) in [6, 6.07) is 3.44. The van der Waals surface area contributed by atoms with Crippen molar-refractivity contribution in [3.8, 4) is 12.1 Å². The minimum atomic E-state index is -2.73. The summed E-state index contributed by atoms with van der Waals surface area (Å²) in [6.45, 7) is 7.86. The van der Waals surface area contributed by atoms with Crippen LogP contribution in [-0.2, 0) is 38.2 Å². The summed E-state index contributed by atoms with van der Waals surface area (Å²) in [5.74, 6) is -0.144.